The summed E-state index contributed by atoms with van der Waals surface area (Å²) in [5.74, 6) is 0.153. The summed E-state index contributed by atoms with van der Waals surface area (Å²) >= 11 is 0. The van der Waals surface area contributed by atoms with Crippen molar-refractivity contribution in [3.8, 4) is 0 Å². The number of nitrogens with one attached hydrogen (secondary N) is 1. The Morgan fingerprint density at radius 2 is 2.07 bits per heavy atom. The molecule has 1 fully saturated rings. The van der Waals surface area contributed by atoms with Crippen molar-refractivity contribution >= 4 is 5.91 Å². The van der Waals surface area contributed by atoms with E-state index in [1.165, 1.54) is 0 Å². The summed E-state index contributed by atoms with van der Waals surface area (Å²) in [5.41, 5.74) is -0.324. The molecule has 1 rings (SSSR count). The Hall–Kier alpha value is -0.610. The molecular weight excluding hydrogens is 192 g/mol. The first-order chi connectivity index (χ1) is 7.11. The molecule has 1 saturated heterocycles. The Kier molecular flexibility index (Phi) is 4.54. The van der Waals surface area contributed by atoms with Crippen LogP contribution in [0.15, 0.2) is 0 Å². The summed E-state index contributed by atoms with van der Waals surface area (Å²) < 4.78 is 0. The fraction of sp³-hybridized carbons (Fsp3) is 0.909. The first-order valence-electron chi connectivity index (χ1n) is 5.75. The molecule has 88 valence electrons. The number of aliphatic hydroxyl groups is 1. The van der Waals surface area contributed by atoms with Crippen LogP contribution in [-0.4, -0.2) is 47.7 Å². The summed E-state index contributed by atoms with van der Waals surface area (Å²) in [5, 5.41) is 12.3. The van der Waals surface area contributed by atoms with Crippen LogP contribution in [0.3, 0.4) is 0 Å². The highest BCUT2D eigenvalue weighted by Gasteiger charge is 2.23. The van der Waals surface area contributed by atoms with Crippen molar-refractivity contribution in [2.45, 2.75) is 38.6 Å². The molecule has 1 aliphatic rings. The number of amides is 1. The minimum Gasteiger partial charge on any atom is -0.394 e. The van der Waals surface area contributed by atoms with Crippen LogP contribution < -0.4 is 5.32 Å². The molecule has 1 unspecified atom stereocenters. The molecule has 1 atom stereocenters. The smallest absolute Gasteiger partial charge is 0.236 e. The van der Waals surface area contributed by atoms with Crippen molar-refractivity contribution in [1.82, 2.24) is 10.2 Å². The Morgan fingerprint density at radius 1 is 1.47 bits per heavy atom. The van der Waals surface area contributed by atoms with Gasteiger partial charge in [0.2, 0.25) is 5.91 Å². The lowest BCUT2D eigenvalue weighted by atomic mass is 10.0. The van der Waals surface area contributed by atoms with Crippen LogP contribution in [0.5, 0.6) is 0 Å². The molecule has 0 aromatic carbocycles. The van der Waals surface area contributed by atoms with Gasteiger partial charge in [0.1, 0.15) is 0 Å². The molecule has 0 aliphatic carbocycles. The van der Waals surface area contributed by atoms with Crippen LogP contribution in [0.1, 0.15) is 33.1 Å². The minimum absolute atomic E-state index is 0.0663. The van der Waals surface area contributed by atoms with E-state index in [9.17, 15) is 9.90 Å². The maximum absolute atomic E-state index is 11.7. The molecule has 2 N–H and O–H groups in total. The SMILES string of the molecule is CCC(C)(CO)NCC(=O)N1CCCC1. The van der Waals surface area contributed by atoms with Crippen LogP contribution in [0.4, 0.5) is 0 Å². The summed E-state index contributed by atoms with van der Waals surface area (Å²) in [6, 6.07) is 0. The van der Waals surface area contributed by atoms with Crippen molar-refractivity contribution in [1.29, 1.82) is 0 Å². The third-order valence-electron chi connectivity index (χ3n) is 3.25. The van der Waals surface area contributed by atoms with Gasteiger partial charge in [-0.2, -0.15) is 0 Å². The summed E-state index contributed by atoms with van der Waals surface area (Å²) in [7, 11) is 0. The second-order valence-corrected chi connectivity index (χ2v) is 4.51. The Morgan fingerprint density at radius 3 is 2.53 bits per heavy atom. The van der Waals surface area contributed by atoms with Gasteiger partial charge in [-0.15, -0.1) is 0 Å². The van der Waals surface area contributed by atoms with Gasteiger partial charge in [-0.1, -0.05) is 6.92 Å². The minimum atomic E-state index is -0.324. The van der Waals surface area contributed by atoms with Crippen LogP contribution in [0.25, 0.3) is 0 Å². The molecule has 0 saturated carbocycles. The average molecular weight is 214 g/mol. The molecule has 15 heavy (non-hydrogen) atoms. The van der Waals surface area contributed by atoms with Crippen molar-refractivity contribution < 1.29 is 9.90 Å². The van der Waals surface area contributed by atoms with E-state index in [2.05, 4.69) is 5.32 Å². The number of rotatable bonds is 5. The topological polar surface area (TPSA) is 52.6 Å². The monoisotopic (exact) mass is 214 g/mol. The van der Waals surface area contributed by atoms with Crippen LogP contribution in [0.2, 0.25) is 0 Å². The molecule has 0 bridgehead atoms. The van der Waals surface area contributed by atoms with E-state index in [4.69, 9.17) is 0 Å². The zero-order valence-corrected chi connectivity index (χ0v) is 9.75. The second kappa shape index (κ2) is 5.47. The van der Waals surface area contributed by atoms with E-state index < -0.39 is 0 Å². The first kappa shape index (κ1) is 12.5. The number of carbonyl (C=O) groups excluding carboxylic acids is 1. The van der Waals surface area contributed by atoms with Crippen molar-refractivity contribution in [2.75, 3.05) is 26.2 Å². The van der Waals surface area contributed by atoms with E-state index in [0.29, 0.717) is 6.54 Å². The van der Waals surface area contributed by atoms with Crippen molar-refractivity contribution in [3.63, 3.8) is 0 Å². The summed E-state index contributed by atoms with van der Waals surface area (Å²) in [6.07, 6.45) is 3.06. The van der Waals surface area contributed by atoms with Gasteiger partial charge in [0.05, 0.1) is 13.2 Å². The van der Waals surface area contributed by atoms with Gasteiger partial charge < -0.3 is 15.3 Å². The molecule has 4 heteroatoms. The number of aliphatic hydroxyl groups excluding tert-OH is 1. The number of nitrogens with zero attached hydrogens (tertiary/aromatic N) is 1. The van der Waals surface area contributed by atoms with Crippen LogP contribution in [-0.2, 0) is 4.79 Å². The van der Waals surface area contributed by atoms with Crippen LogP contribution >= 0.6 is 0 Å². The number of hydrogen-bond donors (Lipinski definition) is 2. The van der Waals surface area contributed by atoms with Gasteiger partial charge in [0.15, 0.2) is 0 Å². The van der Waals surface area contributed by atoms with Gasteiger partial charge >= 0.3 is 0 Å². The highest BCUT2D eigenvalue weighted by Crippen LogP contribution is 2.09. The third kappa shape index (κ3) is 3.47. The van der Waals surface area contributed by atoms with E-state index in [-0.39, 0.29) is 18.1 Å². The standard InChI is InChI=1S/C11H22N2O2/c1-3-11(2,9-14)12-8-10(15)13-6-4-5-7-13/h12,14H,3-9H2,1-2H3. The summed E-state index contributed by atoms with van der Waals surface area (Å²) in [4.78, 5) is 13.6. The number of carbonyl (C=O) groups is 1. The lowest BCUT2D eigenvalue weighted by Crippen LogP contribution is -2.49. The van der Waals surface area contributed by atoms with Gasteiger partial charge in [-0.05, 0) is 26.2 Å². The maximum atomic E-state index is 11.7. The van der Waals surface area contributed by atoms with E-state index in [0.717, 1.165) is 32.4 Å². The predicted molar refractivity (Wildman–Crippen MR) is 59.6 cm³/mol. The molecular formula is C11H22N2O2. The molecule has 1 heterocycles. The Bertz CT molecular complexity index is 209. The van der Waals surface area contributed by atoms with Crippen LogP contribution in [0, 0.1) is 0 Å². The quantitative estimate of drug-likeness (QED) is 0.695. The molecule has 0 radical (unpaired) electrons. The molecule has 1 amide bonds. The molecule has 0 spiro atoms. The van der Waals surface area contributed by atoms with E-state index in [1.807, 2.05) is 18.7 Å². The van der Waals surface area contributed by atoms with Gasteiger partial charge in [0.25, 0.3) is 0 Å². The molecule has 0 aromatic heterocycles. The molecule has 1 aliphatic heterocycles. The zero-order valence-electron chi connectivity index (χ0n) is 9.75. The maximum Gasteiger partial charge on any atom is 0.236 e. The fourth-order valence-corrected chi connectivity index (χ4v) is 1.66. The fourth-order valence-electron chi connectivity index (χ4n) is 1.66. The Labute approximate surface area is 91.6 Å². The van der Waals surface area contributed by atoms with Gasteiger partial charge in [-0.3, -0.25) is 4.79 Å². The largest absolute Gasteiger partial charge is 0.394 e. The van der Waals surface area contributed by atoms with Gasteiger partial charge in [0, 0.05) is 18.6 Å². The first-order valence-corrected chi connectivity index (χ1v) is 5.75. The van der Waals surface area contributed by atoms with Crippen molar-refractivity contribution in [2.24, 2.45) is 0 Å². The Balaban J connectivity index is 2.32. The lowest BCUT2D eigenvalue weighted by Gasteiger charge is -2.28. The van der Waals surface area contributed by atoms with Gasteiger partial charge in [-0.25, -0.2) is 0 Å². The second-order valence-electron chi connectivity index (χ2n) is 4.51. The average Bonchev–Trinajstić information content (AvgIpc) is 2.79. The van der Waals surface area contributed by atoms with E-state index >= 15 is 0 Å². The van der Waals surface area contributed by atoms with E-state index in [1.54, 1.807) is 0 Å². The highest BCUT2D eigenvalue weighted by molar-refractivity contribution is 5.78. The third-order valence-corrected chi connectivity index (χ3v) is 3.25. The van der Waals surface area contributed by atoms with Crippen molar-refractivity contribution in [3.05, 3.63) is 0 Å². The predicted octanol–water partition coefficient (Wildman–Crippen LogP) is 0.359. The molecule has 0 aromatic rings. The normalized spacial score (nSPS) is 20.3. The zero-order chi connectivity index (χ0) is 11.3. The molecule has 4 nitrogen and oxygen atoms in total. The number of hydrogen-bond acceptors (Lipinski definition) is 3. The highest BCUT2D eigenvalue weighted by atomic mass is 16.3. The lowest BCUT2D eigenvalue weighted by molar-refractivity contribution is -0.129. The number of likely N-dealkylation sites (tertiary alicyclic amines) is 1. The summed E-state index contributed by atoms with van der Waals surface area (Å²) in [6.45, 7) is 6.13.